The summed E-state index contributed by atoms with van der Waals surface area (Å²) >= 11 is 0. The maximum Gasteiger partial charge on any atom is 0.126 e. The van der Waals surface area contributed by atoms with Crippen molar-refractivity contribution in [2.24, 2.45) is 0 Å². The van der Waals surface area contributed by atoms with Crippen LogP contribution in [0.2, 0.25) is 0 Å². The molecule has 0 aliphatic carbocycles. The van der Waals surface area contributed by atoms with Gasteiger partial charge in [-0.2, -0.15) is 0 Å². The van der Waals surface area contributed by atoms with Crippen molar-refractivity contribution in [3.8, 4) is 0 Å². The Kier molecular flexibility index (Phi) is 5.11. The Balaban J connectivity index is 2.49. The van der Waals surface area contributed by atoms with Gasteiger partial charge in [-0.15, -0.1) is 0 Å². The molecule has 2 nitrogen and oxygen atoms in total. The Morgan fingerprint density at radius 3 is 2.83 bits per heavy atom. The van der Waals surface area contributed by atoms with Crippen LogP contribution in [0.25, 0.3) is 0 Å². The number of rotatable bonds is 3. The summed E-state index contributed by atoms with van der Waals surface area (Å²) in [5, 5.41) is 0. The largest absolute Gasteiger partial charge is 0.365 e. The van der Waals surface area contributed by atoms with Crippen LogP contribution >= 0.6 is 8.81 Å². The highest BCUT2D eigenvalue weighted by Gasteiger charge is 1.74. The Morgan fingerprint density at radius 2 is 2.67 bits per heavy atom. The van der Waals surface area contributed by atoms with E-state index in [0.717, 1.165) is 6.29 Å². The summed E-state index contributed by atoms with van der Waals surface area (Å²) in [5.41, 5.74) is 0. The van der Waals surface area contributed by atoms with Gasteiger partial charge in [0, 0.05) is 22.1 Å². The predicted octanol–water partition coefficient (Wildman–Crippen LogP) is 0.425. The lowest BCUT2D eigenvalue weighted by Gasteiger charge is -1.83. The van der Waals surface area contributed by atoms with Crippen LogP contribution < -0.4 is 0 Å². The molecule has 1 unspecified atom stereocenters. The first-order valence-corrected chi connectivity index (χ1v) is 2.73. The molecule has 0 N–H and O–H groups in total. The van der Waals surface area contributed by atoms with E-state index in [9.17, 15) is 4.79 Å². The molecule has 0 saturated heterocycles. The van der Waals surface area contributed by atoms with Gasteiger partial charge >= 0.3 is 0 Å². The molecule has 0 heterocycles. The van der Waals surface area contributed by atoms with E-state index in [1.807, 2.05) is 0 Å². The molecule has 0 aromatic heterocycles. The Bertz CT molecular complexity index is 37.8. The summed E-state index contributed by atoms with van der Waals surface area (Å²) in [6.45, 7) is 0. The van der Waals surface area contributed by atoms with Crippen LogP contribution in [0.1, 0.15) is 0 Å². The van der Waals surface area contributed by atoms with Crippen molar-refractivity contribution in [2.45, 2.75) is 0 Å². The third kappa shape index (κ3) is 4.06. The van der Waals surface area contributed by atoms with Gasteiger partial charge in [-0.05, 0) is 0 Å². The average molecular weight is 106 g/mol. The van der Waals surface area contributed by atoms with E-state index in [4.69, 9.17) is 0 Å². The fraction of sp³-hybridized carbons (Fsp3) is 0.667. The number of aldehydes is 1. The second-order valence-electron chi connectivity index (χ2n) is 0.719. The first-order chi connectivity index (χ1) is 2.91. The van der Waals surface area contributed by atoms with Gasteiger partial charge in [-0.1, -0.05) is 0 Å². The van der Waals surface area contributed by atoms with Crippen molar-refractivity contribution in [1.82, 2.24) is 0 Å². The molecule has 0 bridgehead atoms. The summed E-state index contributed by atoms with van der Waals surface area (Å²) in [7, 11) is 1.93. The van der Waals surface area contributed by atoms with E-state index in [-0.39, 0.29) is 0 Å². The highest BCUT2D eigenvalue weighted by atomic mass is 31.1. The molecule has 0 rings (SSSR count). The molecule has 6 heavy (non-hydrogen) atoms. The molecular weight excluding hydrogens is 99.0 g/mol. The van der Waals surface area contributed by atoms with E-state index in [1.165, 1.54) is 0 Å². The summed E-state index contributed by atoms with van der Waals surface area (Å²) in [6, 6.07) is 0. The first kappa shape index (κ1) is 6.06. The molecule has 3 heteroatoms. The third-order valence-corrected chi connectivity index (χ3v) is 0.933. The zero-order chi connectivity index (χ0) is 4.83. The minimum absolute atomic E-state index is 0.347. The summed E-state index contributed by atoms with van der Waals surface area (Å²) < 4.78 is 4.58. The van der Waals surface area contributed by atoms with Gasteiger partial charge in [-0.3, -0.25) is 0 Å². The third-order valence-electron chi connectivity index (χ3n) is 0.311. The maximum absolute atomic E-state index is 9.49. The monoisotopic (exact) mass is 106 g/mol. The molecule has 0 aliphatic heterocycles. The standard InChI is InChI=1S/C3H7O2P/c1-5-6-3-2-4/h2,6H,3H2,1H3. The molecule has 0 aromatic carbocycles. The van der Waals surface area contributed by atoms with Crippen LogP contribution in [-0.2, 0) is 9.32 Å². The molecule has 0 aliphatic rings. The molecule has 0 aromatic rings. The minimum atomic E-state index is 0.347. The zero-order valence-electron chi connectivity index (χ0n) is 3.60. The van der Waals surface area contributed by atoms with Crippen LogP contribution in [0, 0.1) is 0 Å². The van der Waals surface area contributed by atoms with Crippen molar-refractivity contribution >= 4 is 15.1 Å². The van der Waals surface area contributed by atoms with E-state index < -0.39 is 0 Å². The SMILES string of the molecule is COPCC=O. The van der Waals surface area contributed by atoms with Crippen molar-refractivity contribution < 1.29 is 9.32 Å². The van der Waals surface area contributed by atoms with E-state index >= 15 is 0 Å². The molecule has 36 valence electrons. The average Bonchev–Trinajstić information content (AvgIpc) is 1.61. The zero-order valence-corrected chi connectivity index (χ0v) is 4.60. The van der Waals surface area contributed by atoms with Gasteiger partial charge in [0.05, 0.1) is 0 Å². The van der Waals surface area contributed by atoms with Crippen LogP contribution in [0.15, 0.2) is 0 Å². The fourth-order valence-electron chi connectivity index (χ4n) is 0.117. The molecule has 0 radical (unpaired) electrons. The van der Waals surface area contributed by atoms with Gasteiger partial charge in [0.25, 0.3) is 0 Å². The highest BCUT2D eigenvalue weighted by molar-refractivity contribution is 7.33. The quantitative estimate of drug-likeness (QED) is 0.296. The molecule has 1 atom stereocenters. The van der Waals surface area contributed by atoms with Gasteiger partial charge in [0.2, 0.25) is 0 Å². The van der Waals surface area contributed by atoms with Crippen LogP contribution in [0.5, 0.6) is 0 Å². The number of hydrogen-bond acceptors (Lipinski definition) is 2. The predicted molar refractivity (Wildman–Crippen MR) is 26.3 cm³/mol. The maximum atomic E-state index is 9.49. The lowest BCUT2D eigenvalue weighted by molar-refractivity contribution is -0.105. The van der Waals surface area contributed by atoms with Crippen molar-refractivity contribution in [3.63, 3.8) is 0 Å². The lowest BCUT2D eigenvalue weighted by Crippen LogP contribution is -1.72. The number of hydrogen-bond donors (Lipinski definition) is 0. The molecule has 0 saturated carbocycles. The van der Waals surface area contributed by atoms with E-state index in [1.54, 1.807) is 7.11 Å². The summed E-state index contributed by atoms with van der Waals surface area (Å²) in [4.78, 5) is 9.49. The second-order valence-corrected chi connectivity index (χ2v) is 1.82. The number of carbonyl (C=O) groups is 1. The minimum Gasteiger partial charge on any atom is -0.365 e. The number of carbonyl (C=O) groups excluding carboxylic acids is 1. The second kappa shape index (κ2) is 5.06. The van der Waals surface area contributed by atoms with Crippen molar-refractivity contribution in [3.05, 3.63) is 0 Å². The van der Waals surface area contributed by atoms with Crippen LogP contribution in [0.3, 0.4) is 0 Å². The summed E-state index contributed by atoms with van der Waals surface area (Å²) in [6.07, 6.45) is 1.39. The normalized spacial score (nSPS) is 10.2. The van der Waals surface area contributed by atoms with Gasteiger partial charge in [-0.25, -0.2) is 0 Å². The molecule has 0 amide bonds. The van der Waals surface area contributed by atoms with Gasteiger partial charge in [0.15, 0.2) is 0 Å². The van der Waals surface area contributed by atoms with Gasteiger partial charge in [0.1, 0.15) is 6.29 Å². The molecule has 0 spiro atoms. The van der Waals surface area contributed by atoms with E-state index in [2.05, 4.69) is 4.52 Å². The topological polar surface area (TPSA) is 26.3 Å². The first-order valence-electron chi connectivity index (χ1n) is 1.61. The smallest absolute Gasteiger partial charge is 0.126 e. The van der Waals surface area contributed by atoms with E-state index in [0.29, 0.717) is 15.0 Å². The van der Waals surface area contributed by atoms with Crippen molar-refractivity contribution in [2.75, 3.05) is 13.3 Å². The molecular formula is C3H7O2P. The van der Waals surface area contributed by atoms with Crippen LogP contribution in [0.4, 0.5) is 0 Å². The lowest BCUT2D eigenvalue weighted by atomic mass is 10.9. The van der Waals surface area contributed by atoms with Crippen molar-refractivity contribution in [1.29, 1.82) is 0 Å². The Labute approximate surface area is 38.7 Å². The Hall–Kier alpha value is 0.0600. The highest BCUT2D eigenvalue weighted by Crippen LogP contribution is 2.04. The summed E-state index contributed by atoms with van der Waals surface area (Å²) in [5.74, 6) is 0. The Morgan fingerprint density at radius 1 is 2.00 bits per heavy atom. The fourth-order valence-corrected chi connectivity index (χ4v) is 0.352. The van der Waals surface area contributed by atoms with Gasteiger partial charge < -0.3 is 9.32 Å². The molecule has 0 fully saturated rings. The van der Waals surface area contributed by atoms with Crippen LogP contribution in [-0.4, -0.2) is 19.6 Å².